The fourth-order valence-corrected chi connectivity index (χ4v) is 2.33. The lowest BCUT2D eigenvalue weighted by atomic mass is 10.4. The molecule has 0 radical (unpaired) electrons. The molecular formula is C9H14F3N3O2S. The quantitative estimate of drug-likeness (QED) is 0.892. The van der Waals surface area contributed by atoms with E-state index in [0.29, 0.717) is 16.6 Å². The molecule has 18 heavy (non-hydrogen) atoms. The van der Waals surface area contributed by atoms with Crippen LogP contribution in [-0.4, -0.2) is 42.5 Å². The summed E-state index contributed by atoms with van der Waals surface area (Å²) in [5.41, 5.74) is 0. The van der Waals surface area contributed by atoms with Crippen molar-refractivity contribution in [1.82, 2.24) is 14.3 Å². The van der Waals surface area contributed by atoms with Crippen molar-refractivity contribution in [3.05, 3.63) is 12.0 Å². The number of hydrogen-bond acceptors (Lipinski definition) is 3. The van der Waals surface area contributed by atoms with Gasteiger partial charge in [-0.15, -0.1) is 0 Å². The van der Waals surface area contributed by atoms with Crippen molar-refractivity contribution in [1.29, 1.82) is 0 Å². The van der Waals surface area contributed by atoms with Crippen molar-refractivity contribution in [3.63, 3.8) is 0 Å². The van der Waals surface area contributed by atoms with Gasteiger partial charge in [-0.3, -0.25) is 0 Å². The maximum atomic E-state index is 12.0. The summed E-state index contributed by atoms with van der Waals surface area (Å²) in [6.45, 7) is 1.16. The minimum atomic E-state index is -4.38. The summed E-state index contributed by atoms with van der Waals surface area (Å²) in [4.78, 5) is 6.37. The maximum Gasteiger partial charge on any atom is 0.390 e. The Bertz CT molecular complexity index is 495. The molecule has 104 valence electrons. The second-order valence-corrected chi connectivity index (χ2v) is 5.75. The Morgan fingerprint density at radius 2 is 2.06 bits per heavy atom. The van der Waals surface area contributed by atoms with Gasteiger partial charge in [-0.1, -0.05) is 6.92 Å². The zero-order chi connectivity index (χ0) is 14.0. The molecule has 0 aromatic carbocycles. The number of aromatic amines is 1. The summed E-state index contributed by atoms with van der Waals surface area (Å²) in [7, 11) is -2.83. The summed E-state index contributed by atoms with van der Waals surface area (Å²) < 4.78 is 60.5. The molecule has 0 unspecified atom stereocenters. The van der Waals surface area contributed by atoms with E-state index in [1.165, 1.54) is 0 Å². The fourth-order valence-electron chi connectivity index (χ4n) is 1.23. The van der Waals surface area contributed by atoms with Crippen LogP contribution < -0.4 is 0 Å². The number of H-pyrrole nitrogens is 1. The minimum Gasteiger partial charge on any atom is -0.332 e. The average Bonchev–Trinajstić information content (AvgIpc) is 2.73. The minimum absolute atomic E-state index is 0.191. The molecule has 1 N–H and O–H groups in total. The van der Waals surface area contributed by atoms with Gasteiger partial charge in [0.1, 0.15) is 5.82 Å². The molecule has 0 aliphatic carbocycles. The molecule has 0 fully saturated rings. The SMILES string of the molecule is CCc1ncc(S(=O)(=O)N(C)CCC(F)(F)F)[nH]1. The molecule has 1 aromatic rings. The first kappa shape index (κ1) is 15.0. The lowest BCUT2D eigenvalue weighted by Crippen LogP contribution is -2.30. The van der Waals surface area contributed by atoms with E-state index < -0.39 is 29.2 Å². The number of nitrogens with zero attached hydrogens (tertiary/aromatic N) is 2. The average molecular weight is 285 g/mol. The standard InChI is InChI=1S/C9H14F3N3O2S/c1-3-7-13-6-8(14-7)18(16,17)15(2)5-4-9(10,11)12/h6H,3-5H2,1-2H3,(H,13,14). The molecule has 0 aliphatic rings. The smallest absolute Gasteiger partial charge is 0.332 e. The second-order valence-electron chi connectivity index (χ2n) is 3.74. The molecule has 0 spiro atoms. The zero-order valence-electron chi connectivity index (χ0n) is 9.95. The van der Waals surface area contributed by atoms with Crippen molar-refractivity contribution < 1.29 is 21.6 Å². The molecule has 0 bridgehead atoms. The highest BCUT2D eigenvalue weighted by Gasteiger charge is 2.31. The van der Waals surface area contributed by atoms with Crippen LogP contribution in [0.5, 0.6) is 0 Å². The van der Waals surface area contributed by atoms with Crippen LogP contribution in [0.1, 0.15) is 19.2 Å². The van der Waals surface area contributed by atoms with Gasteiger partial charge in [0.2, 0.25) is 0 Å². The first-order valence-electron chi connectivity index (χ1n) is 5.24. The van der Waals surface area contributed by atoms with E-state index in [1.807, 2.05) is 0 Å². The summed E-state index contributed by atoms with van der Waals surface area (Å²) in [6, 6.07) is 0. The molecule has 0 saturated heterocycles. The molecule has 1 aromatic heterocycles. The number of hydrogen-bond donors (Lipinski definition) is 1. The largest absolute Gasteiger partial charge is 0.390 e. The van der Waals surface area contributed by atoms with Crippen LogP contribution in [-0.2, 0) is 16.4 Å². The molecule has 0 amide bonds. The summed E-state index contributed by atoms with van der Waals surface area (Å²) in [5, 5.41) is -0.191. The molecule has 0 aliphatic heterocycles. The predicted molar refractivity (Wildman–Crippen MR) is 58.5 cm³/mol. The Kier molecular flexibility index (Phi) is 4.38. The number of aromatic nitrogens is 2. The van der Waals surface area contributed by atoms with E-state index in [0.717, 1.165) is 13.2 Å². The number of rotatable bonds is 5. The van der Waals surface area contributed by atoms with Crippen molar-refractivity contribution in [2.45, 2.75) is 31.0 Å². The predicted octanol–water partition coefficient (Wildman–Crippen LogP) is 1.55. The van der Waals surface area contributed by atoms with Crippen LogP contribution >= 0.6 is 0 Å². The van der Waals surface area contributed by atoms with Crippen LogP contribution in [0.2, 0.25) is 0 Å². The lowest BCUT2D eigenvalue weighted by molar-refractivity contribution is -0.135. The van der Waals surface area contributed by atoms with E-state index in [4.69, 9.17) is 0 Å². The topological polar surface area (TPSA) is 66.1 Å². The summed E-state index contributed by atoms with van der Waals surface area (Å²) in [6.07, 6.45) is -3.94. The molecular weight excluding hydrogens is 271 g/mol. The van der Waals surface area contributed by atoms with Gasteiger partial charge in [0.25, 0.3) is 10.0 Å². The first-order valence-corrected chi connectivity index (χ1v) is 6.68. The third-order valence-electron chi connectivity index (χ3n) is 2.34. The number of aryl methyl sites for hydroxylation is 1. The number of halogens is 3. The fraction of sp³-hybridized carbons (Fsp3) is 0.667. The maximum absolute atomic E-state index is 12.0. The number of nitrogens with one attached hydrogen (secondary N) is 1. The molecule has 1 rings (SSSR count). The van der Waals surface area contributed by atoms with E-state index in [2.05, 4.69) is 9.97 Å². The van der Waals surface area contributed by atoms with Gasteiger partial charge in [0.15, 0.2) is 5.03 Å². The van der Waals surface area contributed by atoms with Crippen LogP contribution in [0, 0.1) is 0 Å². The van der Waals surface area contributed by atoms with Gasteiger partial charge < -0.3 is 4.98 Å². The Morgan fingerprint density at radius 3 is 2.50 bits per heavy atom. The van der Waals surface area contributed by atoms with Gasteiger partial charge >= 0.3 is 6.18 Å². The van der Waals surface area contributed by atoms with Crippen LogP contribution in [0.25, 0.3) is 0 Å². The van der Waals surface area contributed by atoms with Gasteiger partial charge in [-0.2, -0.15) is 17.5 Å². The van der Waals surface area contributed by atoms with E-state index in [9.17, 15) is 21.6 Å². The van der Waals surface area contributed by atoms with E-state index in [1.54, 1.807) is 6.92 Å². The molecule has 9 heteroatoms. The number of imidazole rings is 1. The summed E-state index contributed by atoms with van der Waals surface area (Å²) >= 11 is 0. The first-order chi connectivity index (χ1) is 8.16. The van der Waals surface area contributed by atoms with Gasteiger partial charge in [0, 0.05) is 20.0 Å². The monoisotopic (exact) mass is 285 g/mol. The Morgan fingerprint density at radius 1 is 1.44 bits per heavy atom. The Hall–Kier alpha value is -1.09. The second kappa shape index (κ2) is 5.27. The summed E-state index contributed by atoms with van der Waals surface area (Å²) in [5.74, 6) is 0.470. The van der Waals surface area contributed by atoms with Crippen molar-refractivity contribution in [3.8, 4) is 0 Å². The number of alkyl halides is 3. The Balaban J connectivity index is 2.80. The highest BCUT2D eigenvalue weighted by atomic mass is 32.2. The number of sulfonamides is 1. The Labute approximate surface area is 103 Å². The van der Waals surface area contributed by atoms with Crippen LogP contribution in [0.3, 0.4) is 0 Å². The van der Waals surface area contributed by atoms with E-state index in [-0.39, 0.29) is 5.03 Å². The molecule has 0 saturated carbocycles. The lowest BCUT2D eigenvalue weighted by Gasteiger charge is -2.16. The van der Waals surface area contributed by atoms with Gasteiger partial charge in [-0.05, 0) is 0 Å². The van der Waals surface area contributed by atoms with Gasteiger partial charge in [-0.25, -0.2) is 13.4 Å². The van der Waals surface area contributed by atoms with Crippen molar-refractivity contribution in [2.75, 3.05) is 13.6 Å². The third kappa shape index (κ3) is 3.70. The highest BCUT2D eigenvalue weighted by Crippen LogP contribution is 2.21. The normalized spacial score (nSPS) is 13.2. The zero-order valence-corrected chi connectivity index (χ0v) is 10.8. The third-order valence-corrected chi connectivity index (χ3v) is 4.10. The molecule has 0 atom stereocenters. The van der Waals surface area contributed by atoms with Crippen molar-refractivity contribution >= 4 is 10.0 Å². The molecule has 5 nitrogen and oxygen atoms in total. The van der Waals surface area contributed by atoms with Crippen molar-refractivity contribution in [2.24, 2.45) is 0 Å². The van der Waals surface area contributed by atoms with Crippen LogP contribution in [0.15, 0.2) is 11.2 Å². The van der Waals surface area contributed by atoms with Gasteiger partial charge in [0.05, 0.1) is 12.6 Å². The van der Waals surface area contributed by atoms with E-state index >= 15 is 0 Å². The van der Waals surface area contributed by atoms with Crippen LogP contribution in [0.4, 0.5) is 13.2 Å². The highest BCUT2D eigenvalue weighted by molar-refractivity contribution is 7.89. The molecule has 1 heterocycles.